The van der Waals surface area contributed by atoms with Crippen LogP contribution in [0.1, 0.15) is 23.2 Å². The molecule has 0 N–H and O–H groups in total. The fraction of sp³-hybridized carbons (Fsp3) is 0.615. The molecule has 1 aliphatic heterocycles. The normalized spacial score (nSPS) is 21.0. The van der Waals surface area contributed by atoms with Crippen LogP contribution in [-0.4, -0.2) is 58.4 Å². The number of rotatable bonds is 3. The molecule has 0 spiro atoms. The van der Waals surface area contributed by atoms with Crippen molar-refractivity contribution < 1.29 is 4.79 Å². The highest BCUT2D eigenvalue weighted by atomic mass is 16.2. The maximum atomic E-state index is 12.2. The number of nitrogens with zero attached hydrogens (tertiary/aromatic N) is 4. The van der Waals surface area contributed by atoms with Gasteiger partial charge in [-0.1, -0.05) is 0 Å². The van der Waals surface area contributed by atoms with E-state index in [0.717, 1.165) is 32.1 Å². The number of amides is 1. The van der Waals surface area contributed by atoms with Crippen LogP contribution < -0.4 is 0 Å². The van der Waals surface area contributed by atoms with E-state index in [1.54, 1.807) is 12.4 Å². The molecule has 2 aliphatic rings. The van der Waals surface area contributed by atoms with Crippen molar-refractivity contribution >= 4 is 5.91 Å². The number of hydrogen-bond donors (Lipinski definition) is 0. The molecule has 0 unspecified atom stereocenters. The van der Waals surface area contributed by atoms with Gasteiger partial charge in [0.05, 0.1) is 5.56 Å². The van der Waals surface area contributed by atoms with Crippen LogP contribution in [0.25, 0.3) is 0 Å². The Morgan fingerprint density at radius 3 is 2.44 bits per heavy atom. The van der Waals surface area contributed by atoms with E-state index >= 15 is 0 Å². The Morgan fingerprint density at radius 1 is 1.17 bits per heavy atom. The third-order valence-corrected chi connectivity index (χ3v) is 3.68. The molecule has 1 aliphatic carbocycles. The zero-order valence-corrected chi connectivity index (χ0v) is 10.5. The molecule has 5 heteroatoms. The van der Waals surface area contributed by atoms with Crippen molar-refractivity contribution in [3.63, 3.8) is 0 Å². The van der Waals surface area contributed by atoms with Gasteiger partial charge in [-0.15, -0.1) is 0 Å². The fourth-order valence-electron chi connectivity index (χ4n) is 2.39. The van der Waals surface area contributed by atoms with E-state index in [9.17, 15) is 4.79 Å². The molecule has 5 nitrogen and oxygen atoms in total. The van der Waals surface area contributed by atoms with E-state index < -0.39 is 0 Å². The van der Waals surface area contributed by atoms with Crippen molar-refractivity contribution in [3.8, 4) is 0 Å². The Balaban J connectivity index is 1.54. The second kappa shape index (κ2) is 5.02. The van der Waals surface area contributed by atoms with E-state index in [-0.39, 0.29) is 5.91 Å². The Hall–Kier alpha value is -1.49. The second-order valence-electron chi connectivity index (χ2n) is 5.16. The Kier molecular flexibility index (Phi) is 3.23. The van der Waals surface area contributed by atoms with Gasteiger partial charge < -0.3 is 4.90 Å². The summed E-state index contributed by atoms with van der Waals surface area (Å²) in [7, 11) is 0. The zero-order valence-electron chi connectivity index (χ0n) is 10.5. The van der Waals surface area contributed by atoms with Crippen molar-refractivity contribution in [3.05, 3.63) is 24.3 Å². The van der Waals surface area contributed by atoms with Gasteiger partial charge in [-0.05, 0) is 18.8 Å². The third-order valence-electron chi connectivity index (χ3n) is 3.68. The van der Waals surface area contributed by atoms with Crippen molar-refractivity contribution in [2.24, 2.45) is 5.92 Å². The first-order chi connectivity index (χ1) is 8.83. The second-order valence-corrected chi connectivity index (χ2v) is 5.16. The minimum absolute atomic E-state index is 0.0571. The van der Waals surface area contributed by atoms with Gasteiger partial charge in [-0.2, -0.15) is 0 Å². The van der Waals surface area contributed by atoms with Crippen LogP contribution in [-0.2, 0) is 0 Å². The van der Waals surface area contributed by atoms with Gasteiger partial charge >= 0.3 is 0 Å². The van der Waals surface area contributed by atoms with Crippen molar-refractivity contribution in [2.75, 3.05) is 32.7 Å². The quantitative estimate of drug-likeness (QED) is 0.785. The van der Waals surface area contributed by atoms with E-state index in [0.29, 0.717) is 5.56 Å². The molecule has 1 saturated carbocycles. The molecule has 0 aromatic carbocycles. The van der Waals surface area contributed by atoms with Gasteiger partial charge in [0.25, 0.3) is 5.91 Å². The summed E-state index contributed by atoms with van der Waals surface area (Å²) in [5, 5.41) is 0. The average molecular weight is 246 g/mol. The van der Waals surface area contributed by atoms with Gasteiger partial charge in [0.1, 0.15) is 6.33 Å². The summed E-state index contributed by atoms with van der Waals surface area (Å²) >= 11 is 0. The van der Waals surface area contributed by atoms with Crippen LogP contribution in [0.2, 0.25) is 0 Å². The van der Waals surface area contributed by atoms with Crippen LogP contribution in [0.4, 0.5) is 0 Å². The average Bonchev–Trinajstić information content (AvgIpc) is 3.24. The van der Waals surface area contributed by atoms with E-state index in [2.05, 4.69) is 14.9 Å². The molecule has 0 bridgehead atoms. The van der Waals surface area contributed by atoms with Gasteiger partial charge in [0.2, 0.25) is 0 Å². The lowest BCUT2D eigenvalue weighted by Gasteiger charge is -2.34. The maximum absolute atomic E-state index is 12.2. The smallest absolute Gasteiger partial charge is 0.257 e. The molecule has 1 saturated heterocycles. The zero-order chi connectivity index (χ0) is 12.4. The van der Waals surface area contributed by atoms with Crippen LogP contribution in [0, 0.1) is 5.92 Å². The number of piperazine rings is 1. The standard InChI is InChI=1S/C13H18N4O/c18-13(12-7-14-10-15-8-12)17-5-3-16(4-6-17)9-11-1-2-11/h7-8,10-11H,1-6,9H2. The number of hydrogen-bond acceptors (Lipinski definition) is 4. The molecule has 2 fully saturated rings. The monoisotopic (exact) mass is 246 g/mol. The predicted octanol–water partition coefficient (Wildman–Crippen LogP) is 0.644. The summed E-state index contributed by atoms with van der Waals surface area (Å²) in [4.78, 5) is 24.3. The first kappa shape index (κ1) is 11.6. The van der Waals surface area contributed by atoms with Crippen molar-refractivity contribution in [1.29, 1.82) is 0 Å². The highest BCUT2D eigenvalue weighted by Crippen LogP contribution is 2.29. The molecule has 96 valence electrons. The van der Waals surface area contributed by atoms with Gasteiger partial charge in [0.15, 0.2) is 0 Å². The number of carbonyl (C=O) groups excluding carboxylic acids is 1. The van der Waals surface area contributed by atoms with Crippen LogP contribution in [0.15, 0.2) is 18.7 Å². The van der Waals surface area contributed by atoms with Gasteiger partial charge in [0, 0.05) is 45.1 Å². The number of carbonyl (C=O) groups is 1. The molecule has 0 atom stereocenters. The van der Waals surface area contributed by atoms with Crippen LogP contribution >= 0.6 is 0 Å². The summed E-state index contributed by atoms with van der Waals surface area (Å²) in [5.41, 5.74) is 0.591. The Bertz CT molecular complexity index is 410. The molecule has 1 aromatic heterocycles. The lowest BCUT2D eigenvalue weighted by atomic mass is 10.2. The summed E-state index contributed by atoms with van der Waals surface area (Å²) in [6.45, 7) is 4.85. The lowest BCUT2D eigenvalue weighted by molar-refractivity contribution is 0.0631. The van der Waals surface area contributed by atoms with E-state index in [1.807, 2.05) is 4.90 Å². The molecular formula is C13H18N4O. The first-order valence-electron chi connectivity index (χ1n) is 6.59. The SMILES string of the molecule is O=C(c1cncnc1)N1CCN(CC2CC2)CC1. The summed E-state index contributed by atoms with van der Waals surface area (Å²) in [6, 6.07) is 0. The Morgan fingerprint density at radius 2 is 1.83 bits per heavy atom. The van der Waals surface area contributed by atoms with E-state index in [1.165, 1.54) is 25.7 Å². The maximum Gasteiger partial charge on any atom is 0.257 e. The highest BCUT2D eigenvalue weighted by molar-refractivity contribution is 5.93. The molecule has 1 aromatic rings. The summed E-state index contributed by atoms with van der Waals surface area (Å²) in [6.07, 6.45) is 7.41. The highest BCUT2D eigenvalue weighted by Gasteiger charge is 2.27. The first-order valence-corrected chi connectivity index (χ1v) is 6.59. The van der Waals surface area contributed by atoms with E-state index in [4.69, 9.17) is 0 Å². The molecule has 18 heavy (non-hydrogen) atoms. The minimum atomic E-state index is 0.0571. The largest absolute Gasteiger partial charge is 0.336 e. The summed E-state index contributed by atoms with van der Waals surface area (Å²) < 4.78 is 0. The molecule has 1 amide bonds. The molecular weight excluding hydrogens is 228 g/mol. The number of aromatic nitrogens is 2. The molecule has 2 heterocycles. The van der Waals surface area contributed by atoms with Crippen molar-refractivity contribution in [1.82, 2.24) is 19.8 Å². The van der Waals surface area contributed by atoms with Crippen LogP contribution in [0.5, 0.6) is 0 Å². The minimum Gasteiger partial charge on any atom is -0.336 e. The topological polar surface area (TPSA) is 49.3 Å². The van der Waals surface area contributed by atoms with Gasteiger partial charge in [-0.25, -0.2) is 9.97 Å². The fourth-order valence-corrected chi connectivity index (χ4v) is 2.39. The molecule has 0 radical (unpaired) electrons. The van der Waals surface area contributed by atoms with Crippen molar-refractivity contribution in [2.45, 2.75) is 12.8 Å². The third kappa shape index (κ3) is 2.67. The summed E-state index contributed by atoms with van der Waals surface area (Å²) in [5.74, 6) is 0.983. The molecule has 3 rings (SSSR count). The van der Waals surface area contributed by atoms with Gasteiger partial charge in [-0.3, -0.25) is 9.69 Å². The van der Waals surface area contributed by atoms with Crippen LogP contribution in [0.3, 0.4) is 0 Å². The lowest BCUT2D eigenvalue weighted by Crippen LogP contribution is -2.49. The predicted molar refractivity (Wildman–Crippen MR) is 67.1 cm³/mol. The Labute approximate surface area is 107 Å².